The molecule has 0 saturated heterocycles. The maximum atomic E-state index is 9.60. The fraction of sp³-hybridized carbons (Fsp3) is 0. The zero-order chi connectivity index (χ0) is 53.9. The lowest BCUT2D eigenvalue weighted by Gasteiger charge is -2.11. The Labute approximate surface area is 326 Å². The van der Waals surface area contributed by atoms with Crippen molar-refractivity contribution in [3.8, 4) is 55.8 Å². The largest absolute Gasteiger partial charge is 0.455 e. The molecular formula is C46H28N2OS. The Morgan fingerprint density at radius 1 is 0.500 bits per heavy atom. The zero-order valence-electron chi connectivity index (χ0n) is 49.0. The summed E-state index contributed by atoms with van der Waals surface area (Å²) in [6.45, 7) is 0. The van der Waals surface area contributed by atoms with Gasteiger partial charge in [0.1, 0.15) is 17.5 Å². The molecule has 7 aromatic carbocycles. The summed E-state index contributed by atoms with van der Waals surface area (Å²) in [4.78, 5) is 8.91. The van der Waals surface area contributed by atoms with Crippen LogP contribution in [-0.4, -0.2) is 9.97 Å². The molecule has 0 atom stereocenters. The van der Waals surface area contributed by atoms with Crippen LogP contribution in [0.1, 0.15) is 32.9 Å². The molecule has 0 aliphatic carbocycles. The monoisotopic (exact) mass is 680 g/mol. The highest BCUT2D eigenvalue weighted by Gasteiger charge is 2.17. The quantitative estimate of drug-likeness (QED) is 0.182. The molecule has 3 aromatic heterocycles. The van der Waals surface area contributed by atoms with Crippen LogP contribution in [-0.2, 0) is 0 Å². The summed E-state index contributed by atoms with van der Waals surface area (Å²) in [6, 6.07) is -13.4. The fourth-order valence-corrected chi connectivity index (χ4v) is 6.75. The van der Waals surface area contributed by atoms with E-state index < -0.39 is 190 Å². The van der Waals surface area contributed by atoms with Gasteiger partial charge in [0.2, 0.25) is 0 Å². The van der Waals surface area contributed by atoms with Gasteiger partial charge in [-0.15, -0.1) is 11.3 Å². The highest BCUT2D eigenvalue weighted by molar-refractivity contribution is 7.26. The molecule has 0 unspecified atom stereocenters. The number of rotatable bonds is 5. The molecule has 0 aliphatic heterocycles. The van der Waals surface area contributed by atoms with E-state index in [4.69, 9.17) is 31.8 Å². The molecule has 10 aromatic rings. The average Bonchev–Trinajstić information content (AvgIpc) is 3.96. The van der Waals surface area contributed by atoms with Crippen LogP contribution >= 0.6 is 11.3 Å². The first-order valence-electron chi connectivity index (χ1n) is 26.8. The van der Waals surface area contributed by atoms with Crippen molar-refractivity contribution >= 4 is 53.6 Å². The van der Waals surface area contributed by atoms with E-state index >= 15 is 0 Å². The lowest BCUT2D eigenvalue weighted by atomic mass is 9.93. The van der Waals surface area contributed by atoms with E-state index in [0.717, 1.165) is 17.7 Å². The van der Waals surface area contributed by atoms with Gasteiger partial charge in [-0.1, -0.05) is 121 Å². The molecule has 0 saturated carbocycles. The lowest BCUT2D eigenvalue weighted by molar-refractivity contribution is 0.670. The lowest BCUT2D eigenvalue weighted by Crippen LogP contribution is -1.88. The van der Waals surface area contributed by atoms with Crippen LogP contribution in [0.4, 0.5) is 0 Å². The minimum atomic E-state index is -0.830. The first kappa shape index (κ1) is 13.5. The van der Waals surface area contributed by atoms with Crippen molar-refractivity contribution in [3.05, 3.63) is 170 Å². The molecule has 0 aliphatic rings. The van der Waals surface area contributed by atoms with Crippen molar-refractivity contribution in [2.75, 3.05) is 0 Å². The van der Waals surface area contributed by atoms with Crippen molar-refractivity contribution < 1.29 is 37.3 Å². The van der Waals surface area contributed by atoms with E-state index in [9.17, 15) is 5.48 Å². The Morgan fingerprint density at radius 3 is 1.90 bits per heavy atom. The van der Waals surface area contributed by atoms with Gasteiger partial charge in [0.15, 0.2) is 0 Å². The SMILES string of the molecule is [2H]c1c([2H])c([2H])c(-c2c([2H])c(-c3ccc4sc5c(-c6c([2H])c([2H])c([2H])c(-c7c([2H])c([2H])c([2H])c8c7oc7c([2H])c([2H])c([2H])c([2H])c78)c6[2H])ncnc5c4c3)c([2H])c(-c3c([2H])c([2H])c([2H])c([2H])c3[2H])c2[2H])c([2H])c1[2H]. The Bertz CT molecular complexity index is 4110. The summed E-state index contributed by atoms with van der Waals surface area (Å²) in [7, 11) is 0. The topological polar surface area (TPSA) is 38.9 Å². The molecule has 0 N–H and O–H groups in total. The summed E-state index contributed by atoms with van der Waals surface area (Å²) >= 11 is 1.03. The Morgan fingerprint density at radius 2 is 1.12 bits per heavy atom. The van der Waals surface area contributed by atoms with E-state index in [1.165, 1.54) is 18.2 Å². The van der Waals surface area contributed by atoms with Gasteiger partial charge in [-0.05, 0) is 81.3 Å². The van der Waals surface area contributed by atoms with Gasteiger partial charge >= 0.3 is 0 Å². The molecule has 3 heterocycles. The number of hydrogen-bond donors (Lipinski definition) is 0. The van der Waals surface area contributed by atoms with Gasteiger partial charge in [0, 0.05) is 32.0 Å². The minimum absolute atomic E-state index is 0.0230. The van der Waals surface area contributed by atoms with Crippen LogP contribution in [0.3, 0.4) is 0 Å². The van der Waals surface area contributed by atoms with Crippen molar-refractivity contribution in [1.82, 2.24) is 9.97 Å². The number of furan rings is 1. The third-order valence-electron chi connectivity index (χ3n) is 7.84. The van der Waals surface area contributed by atoms with Crippen molar-refractivity contribution in [2.24, 2.45) is 0 Å². The molecule has 3 nitrogen and oxygen atoms in total. The van der Waals surface area contributed by atoms with E-state index in [1.807, 2.05) is 0 Å². The molecule has 4 heteroatoms. The molecule has 234 valence electrons. The van der Waals surface area contributed by atoms with Gasteiger partial charge < -0.3 is 4.42 Å². The van der Waals surface area contributed by atoms with Gasteiger partial charge in [-0.2, -0.15) is 0 Å². The number of aromatic nitrogens is 2. The predicted octanol–water partition coefficient (Wildman–Crippen LogP) is 13.1. The number of hydrogen-bond acceptors (Lipinski definition) is 4. The molecule has 0 fully saturated rings. The number of nitrogens with zero attached hydrogens (tertiary/aromatic N) is 2. The summed E-state index contributed by atoms with van der Waals surface area (Å²) in [5.41, 5.74) is -4.94. The number of para-hydroxylation sites is 2. The Kier molecular flexibility index (Phi) is 3.15. The van der Waals surface area contributed by atoms with Gasteiger partial charge in [-0.3, -0.25) is 0 Å². The van der Waals surface area contributed by atoms with Crippen molar-refractivity contribution in [2.45, 2.75) is 0 Å². The molecule has 10 rings (SSSR count). The summed E-state index contributed by atoms with van der Waals surface area (Å²) < 4.78 is 217. The third-order valence-corrected chi connectivity index (χ3v) is 9.00. The molecule has 0 amide bonds. The van der Waals surface area contributed by atoms with Gasteiger partial charge in [-0.25, -0.2) is 9.97 Å². The van der Waals surface area contributed by atoms with Crippen LogP contribution in [0, 0.1) is 0 Å². The fourth-order valence-electron chi connectivity index (χ4n) is 5.61. The third kappa shape index (κ3) is 4.80. The summed E-state index contributed by atoms with van der Waals surface area (Å²) in [5.74, 6) is 0. The van der Waals surface area contributed by atoms with E-state index in [-0.39, 0.29) is 48.8 Å². The second kappa shape index (κ2) is 11.7. The van der Waals surface area contributed by atoms with E-state index in [2.05, 4.69) is 9.97 Å². The Balaban J connectivity index is 1.25. The second-order valence-electron chi connectivity index (χ2n) is 10.7. The first-order chi connectivity index (χ1) is 34.8. The van der Waals surface area contributed by atoms with Gasteiger partial charge in [0.05, 0.1) is 48.8 Å². The maximum absolute atomic E-state index is 9.60. The predicted molar refractivity (Wildman–Crippen MR) is 209 cm³/mol. The van der Waals surface area contributed by atoms with E-state index in [1.54, 1.807) is 0 Å². The first-order valence-corrected chi connectivity index (χ1v) is 15.6. The molecule has 0 radical (unpaired) electrons. The number of fused-ring (bicyclic) bond motifs is 6. The molecule has 0 spiro atoms. The molecule has 50 heavy (non-hydrogen) atoms. The smallest absolute Gasteiger partial charge is 0.143 e. The van der Waals surface area contributed by atoms with Crippen LogP contribution < -0.4 is 0 Å². The van der Waals surface area contributed by atoms with Crippen LogP contribution in [0.5, 0.6) is 0 Å². The van der Waals surface area contributed by atoms with Crippen LogP contribution in [0.15, 0.2) is 174 Å². The average molecular weight is 681 g/mol. The highest BCUT2D eigenvalue weighted by atomic mass is 32.1. The standard InChI is InChI=1S/C46H28N2OS/c1-3-11-29(12-4-1)34-24-35(30-13-5-2-6-14-30)26-36(25-34)31-21-22-42-40(27-31)44-46(50-42)43(47-28-48-44)33-16-9-15-32(23-33)37-18-10-19-39-38-17-7-8-20-41(38)49-45(37)39/h1-28H/i1D,2D,3D,4D,5D,6D,7D,8D,9D,10D,11D,12D,13D,14D,15D,16D,17D,18D,19D,20D,23D,24D,25D,26D. The maximum Gasteiger partial charge on any atom is 0.143 e. The van der Waals surface area contributed by atoms with Crippen LogP contribution in [0.25, 0.3) is 98.0 Å². The molecular weight excluding hydrogens is 629 g/mol. The van der Waals surface area contributed by atoms with Gasteiger partial charge in [0.25, 0.3) is 0 Å². The van der Waals surface area contributed by atoms with Crippen molar-refractivity contribution in [1.29, 1.82) is 0 Å². The second-order valence-corrected chi connectivity index (χ2v) is 11.8. The number of benzene rings is 7. The van der Waals surface area contributed by atoms with E-state index in [0.29, 0.717) is 4.70 Å². The summed E-state index contributed by atoms with van der Waals surface area (Å²) in [6.07, 6.45) is 1.08. The number of thiophene rings is 1. The minimum Gasteiger partial charge on any atom is -0.455 e. The normalized spacial score (nSPS) is 18.3. The summed E-state index contributed by atoms with van der Waals surface area (Å²) in [5, 5.41) is -0.299. The zero-order valence-corrected chi connectivity index (χ0v) is 25.8. The van der Waals surface area contributed by atoms with Crippen molar-refractivity contribution in [3.63, 3.8) is 0 Å². The highest BCUT2D eigenvalue weighted by Crippen LogP contribution is 2.42. The Hall–Kier alpha value is -6.36. The molecule has 0 bridgehead atoms. The van der Waals surface area contributed by atoms with Crippen LogP contribution in [0.2, 0.25) is 0 Å².